The molecule has 8 nitrogen and oxygen atoms in total. The molecule has 34 heavy (non-hydrogen) atoms. The summed E-state index contributed by atoms with van der Waals surface area (Å²) in [6.45, 7) is 1.60. The molecule has 3 aromatic rings. The maximum atomic E-state index is 11.6. The Morgan fingerprint density at radius 1 is 1.18 bits per heavy atom. The van der Waals surface area contributed by atoms with Gasteiger partial charge >= 0.3 is 0 Å². The molecule has 0 bridgehead atoms. The number of anilines is 2. The van der Waals surface area contributed by atoms with Crippen molar-refractivity contribution in [3.8, 4) is 0 Å². The van der Waals surface area contributed by atoms with Crippen molar-refractivity contribution in [2.45, 2.75) is 37.6 Å². The Morgan fingerprint density at radius 2 is 2.00 bits per heavy atom. The van der Waals surface area contributed by atoms with Crippen LogP contribution in [-0.2, 0) is 21.3 Å². The predicted octanol–water partition coefficient (Wildman–Crippen LogP) is 3.61. The molecule has 4 heterocycles. The van der Waals surface area contributed by atoms with E-state index in [-0.39, 0.29) is 18.2 Å². The Hall–Kier alpha value is -2.95. The molecular formula is C24H27N5O3S2. The maximum Gasteiger partial charge on any atom is 0.229 e. The molecule has 5 rings (SSSR count). The third-order valence-electron chi connectivity index (χ3n) is 6.14. The fourth-order valence-electron chi connectivity index (χ4n) is 4.71. The predicted molar refractivity (Wildman–Crippen MR) is 136 cm³/mol. The van der Waals surface area contributed by atoms with Gasteiger partial charge in [0, 0.05) is 42.6 Å². The molecule has 0 unspecified atom stereocenters. The first-order chi connectivity index (χ1) is 16.4. The Balaban J connectivity index is 1.53. The number of nitrogens with zero attached hydrogens (tertiary/aromatic N) is 3. The minimum Gasteiger partial charge on any atom is -0.376 e. The van der Waals surface area contributed by atoms with E-state index in [9.17, 15) is 8.42 Å². The second-order valence-corrected chi connectivity index (χ2v) is 10.8. The van der Waals surface area contributed by atoms with E-state index in [2.05, 4.69) is 42.8 Å². The second kappa shape index (κ2) is 9.36. The van der Waals surface area contributed by atoms with Crippen LogP contribution in [0.1, 0.15) is 36.3 Å². The van der Waals surface area contributed by atoms with Crippen molar-refractivity contribution in [3.05, 3.63) is 78.4 Å². The van der Waals surface area contributed by atoms with Crippen molar-refractivity contribution >= 4 is 38.7 Å². The summed E-state index contributed by atoms with van der Waals surface area (Å²) < 4.78 is 33.9. The summed E-state index contributed by atoms with van der Waals surface area (Å²) in [6, 6.07) is 17.0. The Morgan fingerprint density at radius 3 is 2.68 bits per heavy atom. The summed E-state index contributed by atoms with van der Waals surface area (Å²) in [7, 11) is -3.35. The number of benzene rings is 1. The summed E-state index contributed by atoms with van der Waals surface area (Å²) in [5, 5.41) is 4.06. The SMILES string of the molecule is CS(=O)(=O)Nc1ccc(N2C(=S)N[C@H](c3ccccn3)[C@@H]2c2cccn2C[C@@H]2CCCO2)cc1. The van der Waals surface area contributed by atoms with Gasteiger partial charge in [0.05, 0.1) is 24.1 Å². The van der Waals surface area contributed by atoms with Crippen LogP contribution in [0.15, 0.2) is 67.0 Å². The number of aromatic nitrogens is 2. The number of hydrogen-bond acceptors (Lipinski definition) is 5. The number of pyridine rings is 1. The zero-order valence-electron chi connectivity index (χ0n) is 18.8. The molecule has 2 fully saturated rings. The first-order valence-corrected chi connectivity index (χ1v) is 13.5. The van der Waals surface area contributed by atoms with Gasteiger partial charge in [-0.2, -0.15) is 0 Å². The Bertz CT molecular complexity index is 1260. The largest absolute Gasteiger partial charge is 0.376 e. The van der Waals surface area contributed by atoms with Gasteiger partial charge in [-0.05, 0) is 73.6 Å². The van der Waals surface area contributed by atoms with Crippen LogP contribution >= 0.6 is 12.2 Å². The van der Waals surface area contributed by atoms with E-state index in [0.717, 1.165) is 49.3 Å². The quantitative estimate of drug-likeness (QED) is 0.482. The molecule has 178 valence electrons. The average molecular weight is 498 g/mol. The molecule has 3 atom stereocenters. The summed E-state index contributed by atoms with van der Waals surface area (Å²) in [5.41, 5.74) is 3.38. The van der Waals surface area contributed by atoms with Gasteiger partial charge in [-0.15, -0.1) is 0 Å². The Labute approximate surface area is 205 Å². The molecular weight excluding hydrogens is 470 g/mol. The van der Waals surface area contributed by atoms with Crippen molar-refractivity contribution in [3.63, 3.8) is 0 Å². The van der Waals surface area contributed by atoms with Crippen LogP contribution in [0.4, 0.5) is 11.4 Å². The standard InChI is InChI=1S/C24H27N5O3S2/c1-34(30,31)27-17-9-11-18(12-10-17)29-23(22(26-24(29)33)20-7-2-3-13-25-20)21-8-4-14-28(21)16-19-6-5-15-32-19/h2-4,7-14,19,22-23,27H,5-6,15-16H2,1H3,(H,26,33)/t19-,22+,23-/m0/s1. The summed E-state index contributed by atoms with van der Waals surface area (Å²) >= 11 is 5.80. The van der Waals surface area contributed by atoms with Crippen molar-refractivity contribution < 1.29 is 13.2 Å². The third kappa shape index (κ3) is 4.79. The lowest BCUT2D eigenvalue weighted by Crippen LogP contribution is -2.31. The number of rotatable bonds is 7. The minimum absolute atomic E-state index is 0.146. The monoisotopic (exact) mass is 497 g/mol. The van der Waals surface area contributed by atoms with Gasteiger partial charge in [0.15, 0.2) is 5.11 Å². The number of ether oxygens (including phenoxy) is 1. The molecule has 0 saturated carbocycles. The highest BCUT2D eigenvalue weighted by molar-refractivity contribution is 7.92. The van der Waals surface area contributed by atoms with E-state index in [0.29, 0.717) is 10.8 Å². The van der Waals surface area contributed by atoms with Crippen molar-refractivity contribution in [1.82, 2.24) is 14.9 Å². The van der Waals surface area contributed by atoms with Crippen LogP contribution < -0.4 is 14.9 Å². The molecule has 2 saturated heterocycles. The highest BCUT2D eigenvalue weighted by Gasteiger charge is 2.42. The number of hydrogen-bond donors (Lipinski definition) is 2. The minimum atomic E-state index is -3.35. The smallest absolute Gasteiger partial charge is 0.229 e. The highest BCUT2D eigenvalue weighted by atomic mass is 32.2. The van der Waals surface area contributed by atoms with Gasteiger partial charge in [0.1, 0.15) is 6.04 Å². The molecule has 2 aliphatic heterocycles. The lowest BCUT2D eigenvalue weighted by Gasteiger charge is -2.29. The number of thiocarbonyl (C=S) groups is 1. The topological polar surface area (TPSA) is 88.5 Å². The first kappa shape index (κ1) is 22.8. The highest BCUT2D eigenvalue weighted by Crippen LogP contribution is 2.42. The first-order valence-electron chi connectivity index (χ1n) is 11.2. The molecule has 1 aromatic carbocycles. The Kier molecular flexibility index (Phi) is 6.28. The second-order valence-electron chi connectivity index (χ2n) is 8.64. The number of sulfonamides is 1. The van der Waals surface area contributed by atoms with E-state index in [4.69, 9.17) is 17.0 Å². The van der Waals surface area contributed by atoms with E-state index in [1.165, 1.54) is 0 Å². The van der Waals surface area contributed by atoms with Gasteiger partial charge in [-0.3, -0.25) is 9.71 Å². The lowest BCUT2D eigenvalue weighted by molar-refractivity contribution is 0.0961. The molecule has 2 N–H and O–H groups in total. The maximum absolute atomic E-state index is 11.6. The van der Waals surface area contributed by atoms with Gasteiger partial charge < -0.3 is 19.5 Å². The van der Waals surface area contributed by atoms with Crippen molar-refractivity contribution in [2.75, 3.05) is 22.5 Å². The van der Waals surface area contributed by atoms with Crippen molar-refractivity contribution in [1.29, 1.82) is 0 Å². The summed E-state index contributed by atoms with van der Waals surface area (Å²) in [4.78, 5) is 6.69. The van der Waals surface area contributed by atoms with Crippen LogP contribution in [0, 0.1) is 0 Å². The van der Waals surface area contributed by atoms with Gasteiger partial charge in [0.2, 0.25) is 10.0 Å². The van der Waals surface area contributed by atoms with Crippen LogP contribution in [0.2, 0.25) is 0 Å². The van der Waals surface area contributed by atoms with E-state index in [1.54, 1.807) is 18.3 Å². The van der Waals surface area contributed by atoms with Crippen LogP contribution in [0.3, 0.4) is 0 Å². The zero-order chi connectivity index (χ0) is 23.7. The van der Waals surface area contributed by atoms with Gasteiger partial charge in [0.25, 0.3) is 0 Å². The van der Waals surface area contributed by atoms with Crippen LogP contribution in [0.25, 0.3) is 0 Å². The van der Waals surface area contributed by atoms with Crippen LogP contribution in [-0.4, -0.2) is 42.0 Å². The fourth-order valence-corrected chi connectivity index (χ4v) is 5.62. The van der Waals surface area contributed by atoms with E-state index in [1.807, 2.05) is 30.3 Å². The third-order valence-corrected chi connectivity index (χ3v) is 7.06. The molecule has 0 aliphatic carbocycles. The molecule has 2 aliphatic rings. The van der Waals surface area contributed by atoms with Crippen molar-refractivity contribution in [2.24, 2.45) is 0 Å². The molecule has 2 aromatic heterocycles. The summed E-state index contributed by atoms with van der Waals surface area (Å²) in [5.74, 6) is 0. The van der Waals surface area contributed by atoms with E-state index < -0.39 is 10.0 Å². The van der Waals surface area contributed by atoms with E-state index >= 15 is 0 Å². The summed E-state index contributed by atoms with van der Waals surface area (Å²) in [6.07, 6.45) is 7.36. The zero-order valence-corrected chi connectivity index (χ0v) is 20.4. The molecule has 10 heteroatoms. The van der Waals surface area contributed by atoms with Gasteiger partial charge in [-0.25, -0.2) is 8.42 Å². The fraction of sp³-hybridized carbons (Fsp3) is 0.333. The normalized spacial score (nSPS) is 22.7. The molecule has 0 spiro atoms. The lowest BCUT2D eigenvalue weighted by atomic mass is 10.0. The number of nitrogens with one attached hydrogen (secondary N) is 2. The molecule has 0 amide bonds. The average Bonchev–Trinajstić information content (AvgIpc) is 3.55. The van der Waals surface area contributed by atoms with Gasteiger partial charge in [-0.1, -0.05) is 6.07 Å². The van der Waals surface area contributed by atoms with Crippen LogP contribution in [0.5, 0.6) is 0 Å². The molecule has 0 radical (unpaired) electrons.